The zero-order valence-corrected chi connectivity index (χ0v) is 32.4. The summed E-state index contributed by atoms with van der Waals surface area (Å²) >= 11 is 14.7. The molecule has 0 saturated heterocycles. The van der Waals surface area contributed by atoms with Gasteiger partial charge in [-0.1, -0.05) is 88.3 Å². The first kappa shape index (κ1) is 42.1. The quantitative estimate of drug-likeness (QED) is 0.0837. The van der Waals surface area contributed by atoms with E-state index in [1.54, 1.807) is 30.3 Å². The first-order chi connectivity index (χ1) is 24.9. The lowest BCUT2D eigenvalue weighted by Gasteiger charge is -2.10. The third-order valence-electron chi connectivity index (χ3n) is 8.26. The first-order valence-corrected chi connectivity index (χ1v) is 19.5. The van der Waals surface area contributed by atoms with E-state index in [4.69, 9.17) is 37.8 Å². The molecule has 8 nitrogen and oxygen atoms in total. The number of aryl methyl sites for hydroxylation is 2. The van der Waals surface area contributed by atoms with Crippen LogP contribution in [0.25, 0.3) is 21.9 Å². The van der Waals surface area contributed by atoms with E-state index >= 15 is 0 Å². The van der Waals surface area contributed by atoms with Gasteiger partial charge in [-0.15, -0.1) is 0 Å². The van der Waals surface area contributed by atoms with Gasteiger partial charge in [0.15, 0.2) is 11.6 Å². The molecule has 0 fully saturated rings. The standard InChI is InChI=1S/C23H17ClINO4S.C17H14ClNO2.2CH4/c1-2-20-22(18-5-3-4-6-21(18)30-20)23(27)17-12-9-15(13-19(17)24)26-31(28,29)16-10-7-14(25)8-11-16;1-2-14-16(12-5-3-4-6-15(12)21-14)17(20)11-8-7-10(19)9-13(11)18;;/h3-13,26H,2H2,1H3;3-9H,2,19H2,1H3;2*1H4. The van der Waals surface area contributed by atoms with Gasteiger partial charge in [-0.25, -0.2) is 8.42 Å². The predicted molar refractivity (Wildman–Crippen MR) is 229 cm³/mol. The lowest BCUT2D eigenvalue weighted by atomic mass is 9.99. The van der Waals surface area contributed by atoms with E-state index in [2.05, 4.69) is 27.3 Å². The molecule has 2 aromatic heterocycles. The highest BCUT2D eigenvalue weighted by molar-refractivity contribution is 14.1. The molecule has 0 radical (unpaired) electrons. The molecule has 54 heavy (non-hydrogen) atoms. The Morgan fingerprint density at radius 1 is 0.685 bits per heavy atom. The number of carbonyl (C=O) groups excluding carboxylic acids is 2. The van der Waals surface area contributed by atoms with Crippen LogP contribution in [0.1, 0.15) is 72.1 Å². The molecular weight excluding hydrogens is 858 g/mol. The van der Waals surface area contributed by atoms with E-state index in [9.17, 15) is 18.0 Å². The van der Waals surface area contributed by atoms with Crippen molar-refractivity contribution < 1.29 is 26.8 Å². The van der Waals surface area contributed by atoms with Crippen LogP contribution < -0.4 is 10.5 Å². The summed E-state index contributed by atoms with van der Waals surface area (Å²) in [4.78, 5) is 26.3. The molecule has 5 aromatic carbocycles. The third kappa shape index (κ3) is 8.68. The second-order valence-electron chi connectivity index (χ2n) is 11.7. The van der Waals surface area contributed by atoms with Crippen LogP contribution in [0, 0.1) is 3.57 Å². The van der Waals surface area contributed by atoms with Gasteiger partial charge >= 0.3 is 0 Å². The number of carbonyl (C=O) groups is 2. The van der Waals surface area contributed by atoms with Crippen LogP contribution in [0.5, 0.6) is 0 Å². The molecule has 280 valence electrons. The number of nitrogens with one attached hydrogen (secondary N) is 1. The summed E-state index contributed by atoms with van der Waals surface area (Å²) in [6.45, 7) is 3.87. The Morgan fingerprint density at radius 2 is 1.15 bits per heavy atom. The lowest BCUT2D eigenvalue weighted by molar-refractivity contribution is 0.103. The van der Waals surface area contributed by atoms with Crippen LogP contribution in [0.15, 0.2) is 123 Å². The van der Waals surface area contributed by atoms with Crippen molar-refractivity contribution >= 4 is 101 Å². The zero-order chi connectivity index (χ0) is 37.2. The second-order valence-corrected chi connectivity index (χ2v) is 15.4. The van der Waals surface area contributed by atoms with Gasteiger partial charge in [0.05, 0.1) is 31.8 Å². The summed E-state index contributed by atoms with van der Waals surface area (Å²) in [7, 11) is -3.77. The van der Waals surface area contributed by atoms with E-state index in [0.29, 0.717) is 62.9 Å². The summed E-state index contributed by atoms with van der Waals surface area (Å²) in [5.74, 6) is 0.862. The lowest BCUT2D eigenvalue weighted by Crippen LogP contribution is -2.13. The highest BCUT2D eigenvalue weighted by Crippen LogP contribution is 2.33. The van der Waals surface area contributed by atoms with E-state index < -0.39 is 10.0 Å². The molecule has 0 spiro atoms. The summed E-state index contributed by atoms with van der Waals surface area (Å²) in [5, 5.41) is 2.05. The molecule has 7 aromatic rings. The number of anilines is 2. The minimum Gasteiger partial charge on any atom is -0.460 e. The summed E-state index contributed by atoms with van der Waals surface area (Å²) in [6.07, 6.45) is 1.20. The van der Waals surface area contributed by atoms with Crippen molar-refractivity contribution in [1.29, 1.82) is 0 Å². The average molecular weight is 898 g/mol. The number of fused-ring (bicyclic) bond motifs is 2. The molecule has 2 heterocycles. The van der Waals surface area contributed by atoms with Crippen molar-refractivity contribution in [3.63, 3.8) is 0 Å². The number of halogens is 3. The molecular formula is C42H39Cl2IN2O6S. The SMILES string of the molecule is C.C.CCc1oc2ccccc2c1C(=O)c1ccc(N)cc1Cl.CCc1oc2ccccc2c1C(=O)c1ccc(NS(=O)(=O)c2ccc(I)cc2)cc1Cl. The molecule has 12 heteroatoms. The van der Waals surface area contributed by atoms with Crippen molar-refractivity contribution in [1.82, 2.24) is 0 Å². The predicted octanol–water partition coefficient (Wildman–Crippen LogP) is 12.0. The molecule has 7 rings (SSSR count). The Bertz CT molecular complexity index is 2580. The molecule has 0 atom stereocenters. The van der Waals surface area contributed by atoms with Crippen molar-refractivity contribution in [2.75, 3.05) is 10.5 Å². The Morgan fingerprint density at radius 3 is 1.61 bits per heavy atom. The van der Waals surface area contributed by atoms with Gasteiger partial charge in [0.2, 0.25) is 0 Å². The molecule has 0 unspecified atom stereocenters. The number of hydrogen-bond donors (Lipinski definition) is 2. The number of nitrogens with two attached hydrogens (primary N) is 1. The average Bonchev–Trinajstić information content (AvgIpc) is 3.70. The van der Waals surface area contributed by atoms with Gasteiger partial charge in [0.1, 0.15) is 22.7 Å². The number of sulfonamides is 1. The molecule has 0 amide bonds. The maximum Gasteiger partial charge on any atom is 0.261 e. The molecule has 0 aliphatic rings. The Kier molecular flexibility index (Phi) is 13.8. The maximum atomic E-state index is 13.3. The van der Waals surface area contributed by atoms with Gasteiger partial charge in [-0.3, -0.25) is 14.3 Å². The second kappa shape index (κ2) is 17.7. The number of para-hydroxylation sites is 2. The number of furan rings is 2. The van der Waals surface area contributed by atoms with E-state index in [1.165, 1.54) is 30.3 Å². The number of rotatable bonds is 9. The van der Waals surface area contributed by atoms with E-state index in [0.717, 1.165) is 14.3 Å². The third-order valence-corrected chi connectivity index (χ3v) is 11.0. The topological polar surface area (TPSA) is 133 Å². The van der Waals surface area contributed by atoms with Gasteiger partial charge in [0.25, 0.3) is 10.0 Å². The molecule has 0 saturated carbocycles. The van der Waals surface area contributed by atoms with Crippen LogP contribution in [-0.4, -0.2) is 20.0 Å². The minimum atomic E-state index is -3.77. The molecule has 0 aliphatic carbocycles. The zero-order valence-electron chi connectivity index (χ0n) is 27.9. The van der Waals surface area contributed by atoms with Gasteiger partial charge in [-0.05, 0) is 95.4 Å². The van der Waals surface area contributed by atoms with Crippen molar-refractivity contribution in [2.45, 2.75) is 46.4 Å². The molecule has 0 bridgehead atoms. The number of benzene rings is 5. The summed E-state index contributed by atoms with van der Waals surface area (Å²) < 4.78 is 40.3. The fourth-order valence-electron chi connectivity index (χ4n) is 5.76. The Balaban J connectivity index is 0.000000248. The van der Waals surface area contributed by atoms with E-state index in [-0.39, 0.29) is 47.6 Å². The number of nitrogen functional groups attached to an aromatic ring is 1. The highest BCUT2D eigenvalue weighted by Gasteiger charge is 2.24. The van der Waals surface area contributed by atoms with Crippen molar-refractivity contribution in [2.24, 2.45) is 0 Å². The smallest absolute Gasteiger partial charge is 0.261 e. The van der Waals surface area contributed by atoms with E-state index in [1.807, 2.05) is 62.4 Å². The Hall–Kier alpha value is -4.62. The minimum absolute atomic E-state index is 0. The van der Waals surface area contributed by atoms with Crippen molar-refractivity contribution in [3.8, 4) is 0 Å². The molecule has 0 aliphatic heterocycles. The van der Waals surface area contributed by atoms with Crippen LogP contribution in [0.4, 0.5) is 11.4 Å². The summed E-state index contributed by atoms with van der Waals surface area (Å²) in [5.41, 5.74) is 9.61. The highest BCUT2D eigenvalue weighted by atomic mass is 127. The van der Waals surface area contributed by atoms with Crippen LogP contribution in [0.3, 0.4) is 0 Å². The number of ketones is 2. The Labute approximate surface area is 338 Å². The van der Waals surface area contributed by atoms with Crippen LogP contribution in [0.2, 0.25) is 10.0 Å². The van der Waals surface area contributed by atoms with Gasteiger partial charge in [0, 0.05) is 44.0 Å². The van der Waals surface area contributed by atoms with Crippen LogP contribution >= 0.6 is 45.8 Å². The van der Waals surface area contributed by atoms with Gasteiger partial charge in [-0.2, -0.15) is 0 Å². The fraction of sp³-hybridized carbons (Fsp3) is 0.143. The maximum absolute atomic E-state index is 13.3. The fourth-order valence-corrected chi connectivity index (χ4v) is 7.71. The van der Waals surface area contributed by atoms with Crippen LogP contribution in [-0.2, 0) is 22.9 Å². The monoisotopic (exact) mass is 896 g/mol. The normalized spacial score (nSPS) is 10.9. The number of hydrogen-bond acceptors (Lipinski definition) is 7. The van der Waals surface area contributed by atoms with Gasteiger partial charge < -0.3 is 14.6 Å². The van der Waals surface area contributed by atoms with Crippen molar-refractivity contribution in [3.05, 3.63) is 157 Å². The first-order valence-electron chi connectivity index (χ1n) is 16.1. The summed E-state index contributed by atoms with van der Waals surface area (Å²) in [6, 6.07) is 30.7. The molecule has 3 N–H and O–H groups in total. The largest absolute Gasteiger partial charge is 0.460 e.